The van der Waals surface area contributed by atoms with Crippen LogP contribution < -0.4 is 4.74 Å². The van der Waals surface area contributed by atoms with Gasteiger partial charge in [-0.1, -0.05) is 42.0 Å². The first-order valence-electron chi connectivity index (χ1n) is 11.2. The maximum atomic E-state index is 13.6. The molecule has 1 fully saturated rings. The minimum Gasteiger partial charge on any atom is -0.426 e. The quantitative estimate of drug-likeness (QED) is 0.0938. The van der Waals surface area contributed by atoms with Crippen molar-refractivity contribution in [2.24, 2.45) is 5.41 Å². The Hall–Kier alpha value is -4.11. The molecule has 1 saturated carbocycles. The van der Waals surface area contributed by atoms with E-state index in [0.717, 1.165) is 5.56 Å². The average molecular weight is 506 g/mol. The molecule has 1 aliphatic carbocycles. The molecule has 7 nitrogen and oxygen atoms in total. The zero-order chi connectivity index (χ0) is 25.4. The summed E-state index contributed by atoms with van der Waals surface area (Å²) in [6.07, 6.45) is 0.898. The monoisotopic (exact) mass is 505 g/mol. The minimum absolute atomic E-state index is 0.167. The standard InChI is InChI=1S/C27H20FNO6S/c1-16-2-4-17(5-3-16)24(30)23-21-11-10-20(35-26(31)27(12-13-27)15-34-29(32)33)14-22(21)36-25(23)18-6-8-19(28)9-7-18/h2-11,14H,12-13,15H2,1H3. The Morgan fingerprint density at radius 1 is 1.06 bits per heavy atom. The fraction of sp³-hybridized carbons (Fsp3) is 0.185. The molecular weight excluding hydrogens is 485 g/mol. The molecule has 0 unspecified atom stereocenters. The third kappa shape index (κ3) is 4.57. The topological polar surface area (TPSA) is 95.7 Å². The minimum atomic E-state index is -1.01. The van der Waals surface area contributed by atoms with Crippen LogP contribution in [-0.2, 0) is 9.63 Å². The van der Waals surface area contributed by atoms with Gasteiger partial charge in [0.25, 0.3) is 5.09 Å². The first-order valence-corrected chi connectivity index (χ1v) is 12.0. The molecule has 4 aromatic rings. The van der Waals surface area contributed by atoms with E-state index in [1.54, 1.807) is 42.5 Å². The van der Waals surface area contributed by atoms with Gasteiger partial charge in [-0.25, -0.2) is 4.39 Å². The molecule has 0 bridgehead atoms. The van der Waals surface area contributed by atoms with Crippen molar-refractivity contribution in [1.29, 1.82) is 0 Å². The molecule has 0 amide bonds. The van der Waals surface area contributed by atoms with Crippen LogP contribution in [0.4, 0.5) is 4.39 Å². The normalized spacial score (nSPS) is 13.8. The van der Waals surface area contributed by atoms with Crippen LogP contribution in [0.2, 0.25) is 0 Å². The van der Waals surface area contributed by atoms with Crippen molar-refractivity contribution in [1.82, 2.24) is 0 Å². The molecule has 0 aliphatic heterocycles. The molecule has 0 radical (unpaired) electrons. The van der Waals surface area contributed by atoms with Gasteiger partial charge in [-0.15, -0.1) is 21.5 Å². The first kappa shape index (κ1) is 23.6. The lowest BCUT2D eigenvalue weighted by Gasteiger charge is -2.13. The SMILES string of the molecule is Cc1ccc(C(=O)c2c(-c3ccc(F)cc3)sc3cc(OC(=O)C4(CO[N+](=O)[O-])CC4)ccc23)cc1. The van der Waals surface area contributed by atoms with Crippen molar-refractivity contribution in [3.63, 3.8) is 0 Å². The highest BCUT2D eigenvalue weighted by atomic mass is 32.1. The highest BCUT2D eigenvalue weighted by molar-refractivity contribution is 7.22. The van der Waals surface area contributed by atoms with E-state index >= 15 is 0 Å². The van der Waals surface area contributed by atoms with E-state index in [1.807, 2.05) is 19.1 Å². The van der Waals surface area contributed by atoms with Gasteiger partial charge >= 0.3 is 5.97 Å². The number of esters is 1. The Morgan fingerprint density at radius 3 is 2.39 bits per heavy atom. The van der Waals surface area contributed by atoms with Crippen molar-refractivity contribution in [3.8, 4) is 16.2 Å². The van der Waals surface area contributed by atoms with Crippen LogP contribution in [0.15, 0.2) is 66.7 Å². The Labute approximate surface area is 209 Å². The van der Waals surface area contributed by atoms with E-state index in [9.17, 15) is 24.1 Å². The zero-order valence-electron chi connectivity index (χ0n) is 19.2. The van der Waals surface area contributed by atoms with Gasteiger partial charge in [0, 0.05) is 26.1 Å². The van der Waals surface area contributed by atoms with E-state index in [0.29, 0.717) is 44.5 Å². The molecule has 0 spiro atoms. The van der Waals surface area contributed by atoms with E-state index in [-0.39, 0.29) is 24.0 Å². The van der Waals surface area contributed by atoms with Gasteiger partial charge in [0.05, 0.1) is 5.41 Å². The molecule has 9 heteroatoms. The average Bonchev–Trinajstić information content (AvgIpc) is 3.57. The summed E-state index contributed by atoms with van der Waals surface area (Å²) in [5.74, 6) is -0.870. The number of carbonyl (C=O) groups is 2. The van der Waals surface area contributed by atoms with Crippen molar-refractivity contribution in [2.45, 2.75) is 19.8 Å². The number of fused-ring (bicyclic) bond motifs is 1. The van der Waals surface area contributed by atoms with Crippen LogP contribution in [0.3, 0.4) is 0 Å². The number of aryl methyl sites for hydroxylation is 1. The predicted octanol–water partition coefficient (Wildman–Crippen LogP) is 6.14. The number of hydrogen-bond donors (Lipinski definition) is 0. The molecule has 0 N–H and O–H groups in total. The summed E-state index contributed by atoms with van der Waals surface area (Å²) in [5.41, 5.74) is 1.73. The molecule has 1 heterocycles. The molecule has 182 valence electrons. The Kier molecular flexibility index (Phi) is 6.01. The first-order chi connectivity index (χ1) is 17.3. The number of halogens is 1. The highest BCUT2D eigenvalue weighted by Gasteiger charge is 2.52. The number of hydrogen-bond acceptors (Lipinski definition) is 7. The second-order valence-corrected chi connectivity index (χ2v) is 9.89. The van der Waals surface area contributed by atoms with Crippen molar-refractivity contribution < 1.29 is 28.6 Å². The number of nitrogens with zero attached hydrogens (tertiary/aromatic N) is 1. The van der Waals surface area contributed by atoms with Gasteiger partial charge in [0.1, 0.15) is 18.2 Å². The summed E-state index contributed by atoms with van der Waals surface area (Å²) in [4.78, 5) is 41.9. The molecule has 1 aliphatic rings. The number of ether oxygens (including phenoxy) is 1. The lowest BCUT2D eigenvalue weighted by molar-refractivity contribution is -0.759. The summed E-state index contributed by atoms with van der Waals surface area (Å²) in [5, 5.41) is 10.3. The number of carbonyl (C=O) groups excluding carboxylic acids is 2. The van der Waals surface area contributed by atoms with Gasteiger partial charge in [-0.2, -0.15) is 0 Å². The molecule has 3 aromatic carbocycles. The third-order valence-electron chi connectivity index (χ3n) is 6.25. The Bertz CT molecular complexity index is 1490. The lowest BCUT2D eigenvalue weighted by Crippen LogP contribution is -2.27. The highest BCUT2D eigenvalue weighted by Crippen LogP contribution is 2.47. The summed E-state index contributed by atoms with van der Waals surface area (Å²) >= 11 is 1.34. The third-order valence-corrected chi connectivity index (χ3v) is 7.45. The van der Waals surface area contributed by atoms with Crippen molar-refractivity contribution in [2.75, 3.05) is 6.61 Å². The number of rotatable bonds is 8. The van der Waals surface area contributed by atoms with Gasteiger partial charge in [-0.05, 0) is 55.7 Å². The molecule has 0 saturated heterocycles. The lowest BCUT2D eigenvalue weighted by atomic mass is 9.97. The second kappa shape index (κ2) is 9.16. The summed E-state index contributed by atoms with van der Waals surface area (Å²) < 4.78 is 19.8. The van der Waals surface area contributed by atoms with Crippen LogP contribution >= 0.6 is 11.3 Å². The van der Waals surface area contributed by atoms with Crippen LogP contribution in [0, 0.1) is 28.3 Å². The van der Waals surface area contributed by atoms with Crippen molar-refractivity contribution >= 4 is 33.2 Å². The van der Waals surface area contributed by atoms with Crippen LogP contribution in [0.1, 0.15) is 34.3 Å². The Morgan fingerprint density at radius 2 is 1.75 bits per heavy atom. The van der Waals surface area contributed by atoms with Gasteiger partial charge < -0.3 is 9.57 Å². The van der Waals surface area contributed by atoms with Crippen LogP contribution in [-0.4, -0.2) is 23.4 Å². The summed E-state index contributed by atoms with van der Waals surface area (Å²) in [6, 6.07) is 18.2. The molecular formula is C27H20FNO6S. The van der Waals surface area contributed by atoms with Crippen LogP contribution in [0.5, 0.6) is 5.75 Å². The summed E-state index contributed by atoms with van der Waals surface area (Å²) in [6.45, 7) is 1.60. The largest absolute Gasteiger partial charge is 0.426 e. The molecule has 0 atom stereocenters. The predicted molar refractivity (Wildman–Crippen MR) is 132 cm³/mol. The molecule has 36 heavy (non-hydrogen) atoms. The van der Waals surface area contributed by atoms with E-state index in [4.69, 9.17) is 4.74 Å². The zero-order valence-corrected chi connectivity index (χ0v) is 20.0. The number of ketones is 1. The second-order valence-electron chi connectivity index (χ2n) is 8.83. The molecule has 5 rings (SSSR count). The van der Waals surface area contributed by atoms with Gasteiger partial charge in [0.2, 0.25) is 0 Å². The van der Waals surface area contributed by atoms with E-state index in [1.165, 1.54) is 23.5 Å². The smallest absolute Gasteiger partial charge is 0.319 e. The van der Waals surface area contributed by atoms with E-state index in [2.05, 4.69) is 4.84 Å². The fourth-order valence-electron chi connectivity index (χ4n) is 3.97. The molecule has 1 aromatic heterocycles. The Balaban J connectivity index is 1.53. The van der Waals surface area contributed by atoms with Crippen LogP contribution in [0.25, 0.3) is 20.5 Å². The van der Waals surface area contributed by atoms with Gasteiger partial charge in [0.15, 0.2) is 5.78 Å². The maximum Gasteiger partial charge on any atom is 0.319 e. The maximum absolute atomic E-state index is 13.6. The van der Waals surface area contributed by atoms with Gasteiger partial charge in [-0.3, -0.25) is 9.59 Å². The summed E-state index contributed by atoms with van der Waals surface area (Å²) in [7, 11) is 0. The van der Waals surface area contributed by atoms with Crippen molar-refractivity contribution in [3.05, 3.63) is 99.4 Å². The number of benzene rings is 3. The number of thiophene rings is 1. The van der Waals surface area contributed by atoms with E-state index < -0.39 is 16.5 Å². The fourth-order valence-corrected chi connectivity index (χ4v) is 5.20.